The minimum atomic E-state index is -4.88. The van der Waals surface area contributed by atoms with Crippen LogP contribution in [0.4, 0.5) is 13.2 Å². The summed E-state index contributed by atoms with van der Waals surface area (Å²) < 4.78 is 41.4. The van der Waals surface area contributed by atoms with E-state index >= 15 is 0 Å². The van der Waals surface area contributed by atoms with Crippen molar-refractivity contribution in [1.29, 1.82) is 0 Å². The number of carbonyl (C=O) groups is 3. The number of alkyl halides is 3. The van der Waals surface area contributed by atoms with Crippen LogP contribution < -0.4 is 10.5 Å². The van der Waals surface area contributed by atoms with Crippen molar-refractivity contribution < 1.29 is 37.1 Å². The Balaban J connectivity index is 1.95. The van der Waals surface area contributed by atoms with Gasteiger partial charge >= 0.3 is 6.36 Å². The summed E-state index contributed by atoms with van der Waals surface area (Å²) >= 11 is 0. The number of hydrogen-bond donors (Lipinski definition) is 1. The fraction of sp³-hybridized carbons (Fsp3) is 0.438. The van der Waals surface area contributed by atoms with Crippen LogP contribution in [0.5, 0.6) is 5.75 Å². The molecule has 3 rings (SSSR count). The van der Waals surface area contributed by atoms with Crippen LogP contribution in [-0.4, -0.2) is 53.7 Å². The SMILES string of the molecule is CN1C(=O)C2ON(CCC(N)=O)C(c3cccc(OC(F)(F)F)c3)C2C1=O. The highest BCUT2D eigenvalue weighted by Gasteiger charge is 2.58. The monoisotopic (exact) mass is 387 g/mol. The Labute approximate surface area is 151 Å². The van der Waals surface area contributed by atoms with Crippen LogP contribution in [0.2, 0.25) is 0 Å². The minimum Gasteiger partial charge on any atom is -0.406 e. The van der Waals surface area contributed by atoms with E-state index in [-0.39, 0.29) is 18.5 Å². The third-order valence-electron chi connectivity index (χ3n) is 4.43. The first-order chi connectivity index (χ1) is 12.6. The van der Waals surface area contributed by atoms with Crippen molar-refractivity contribution >= 4 is 17.7 Å². The summed E-state index contributed by atoms with van der Waals surface area (Å²) in [5, 5.41) is 1.25. The third-order valence-corrected chi connectivity index (χ3v) is 4.43. The number of ether oxygens (including phenoxy) is 1. The van der Waals surface area contributed by atoms with Crippen molar-refractivity contribution in [2.75, 3.05) is 13.6 Å². The Bertz CT molecular complexity index is 785. The fourth-order valence-electron chi connectivity index (χ4n) is 3.29. The Kier molecular flexibility index (Phi) is 4.82. The predicted octanol–water partition coefficient (Wildman–Crippen LogP) is 0.732. The van der Waals surface area contributed by atoms with Crippen molar-refractivity contribution in [3.8, 4) is 5.75 Å². The topological polar surface area (TPSA) is 102 Å². The highest BCUT2D eigenvalue weighted by molar-refractivity contribution is 6.07. The lowest BCUT2D eigenvalue weighted by atomic mass is 9.90. The van der Waals surface area contributed by atoms with E-state index in [2.05, 4.69) is 4.74 Å². The van der Waals surface area contributed by atoms with E-state index in [0.717, 1.165) is 17.0 Å². The van der Waals surface area contributed by atoms with Gasteiger partial charge < -0.3 is 10.5 Å². The van der Waals surface area contributed by atoms with E-state index in [0.29, 0.717) is 0 Å². The van der Waals surface area contributed by atoms with Gasteiger partial charge in [0, 0.05) is 20.0 Å². The summed E-state index contributed by atoms with van der Waals surface area (Å²) in [6.07, 6.45) is -6.10. The number of hydrogen-bond acceptors (Lipinski definition) is 6. The number of rotatable bonds is 5. The molecule has 1 aromatic carbocycles. The average Bonchev–Trinajstić information content (AvgIpc) is 3.04. The number of hydroxylamine groups is 2. The zero-order chi connectivity index (χ0) is 19.9. The van der Waals surface area contributed by atoms with Crippen LogP contribution in [0.1, 0.15) is 18.0 Å². The number of amides is 3. The van der Waals surface area contributed by atoms with Gasteiger partial charge in [0.25, 0.3) is 5.91 Å². The van der Waals surface area contributed by atoms with Crippen LogP contribution in [0.15, 0.2) is 24.3 Å². The first kappa shape index (κ1) is 19.1. The van der Waals surface area contributed by atoms with Gasteiger partial charge in [0.2, 0.25) is 11.8 Å². The highest BCUT2D eigenvalue weighted by Crippen LogP contribution is 2.44. The smallest absolute Gasteiger partial charge is 0.406 e. The van der Waals surface area contributed by atoms with Crippen LogP contribution in [0, 0.1) is 5.92 Å². The molecule has 11 heteroatoms. The maximum atomic E-state index is 12.5. The van der Waals surface area contributed by atoms with Crippen molar-refractivity contribution in [1.82, 2.24) is 9.96 Å². The van der Waals surface area contributed by atoms with E-state index in [4.69, 9.17) is 10.6 Å². The van der Waals surface area contributed by atoms with Crippen molar-refractivity contribution in [2.45, 2.75) is 24.9 Å². The number of nitrogens with zero attached hydrogens (tertiary/aromatic N) is 2. The van der Waals surface area contributed by atoms with E-state index in [1.165, 1.54) is 24.2 Å². The van der Waals surface area contributed by atoms with Gasteiger partial charge in [-0.2, -0.15) is 5.06 Å². The highest BCUT2D eigenvalue weighted by atomic mass is 19.4. The molecule has 3 amide bonds. The molecule has 2 saturated heterocycles. The van der Waals surface area contributed by atoms with E-state index in [9.17, 15) is 27.6 Å². The van der Waals surface area contributed by atoms with Gasteiger partial charge in [-0.3, -0.25) is 24.1 Å². The number of nitrogens with two attached hydrogens (primary N) is 1. The molecule has 3 unspecified atom stereocenters. The summed E-state index contributed by atoms with van der Waals surface area (Å²) in [6, 6.07) is 4.20. The van der Waals surface area contributed by atoms with Crippen LogP contribution in [-0.2, 0) is 19.2 Å². The number of primary amides is 1. The largest absolute Gasteiger partial charge is 0.573 e. The van der Waals surface area contributed by atoms with E-state index in [1.54, 1.807) is 0 Å². The molecule has 2 N–H and O–H groups in total. The summed E-state index contributed by atoms with van der Waals surface area (Å²) in [6.45, 7) is -0.0262. The molecule has 3 atom stereocenters. The second-order valence-corrected chi connectivity index (χ2v) is 6.21. The van der Waals surface area contributed by atoms with Gasteiger partial charge in [-0.15, -0.1) is 13.2 Å². The molecule has 146 valence electrons. The zero-order valence-electron chi connectivity index (χ0n) is 14.1. The minimum absolute atomic E-state index is 0.0262. The molecular formula is C16H16F3N3O5. The lowest BCUT2D eigenvalue weighted by Gasteiger charge is -2.26. The average molecular weight is 387 g/mol. The third kappa shape index (κ3) is 3.74. The summed E-state index contributed by atoms with van der Waals surface area (Å²) in [5.74, 6) is -3.11. The lowest BCUT2D eigenvalue weighted by Crippen LogP contribution is -2.36. The number of benzene rings is 1. The second-order valence-electron chi connectivity index (χ2n) is 6.21. The van der Waals surface area contributed by atoms with E-state index < -0.39 is 47.9 Å². The molecule has 0 aliphatic carbocycles. The number of imide groups is 1. The Hall–Kier alpha value is -2.66. The molecule has 1 aromatic rings. The lowest BCUT2D eigenvalue weighted by molar-refractivity contribution is -0.274. The van der Waals surface area contributed by atoms with Crippen LogP contribution in [0.25, 0.3) is 0 Å². The zero-order valence-corrected chi connectivity index (χ0v) is 14.1. The van der Waals surface area contributed by atoms with Crippen molar-refractivity contribution in [3.05, 3.63) is 29.8 Å². The van der Waals surface area contributed by atoms with Gasteiger partial charge in [-0.25, -0.2) is 0 Å². The van der Waals surface area contributed by atoms with Gasteiger partial charge in [0.1, 0.15) is 5.75 Å². The number of likely N-dealkylation sites (tertiary alicyclic amines) is 1. The molecular weight excluding hydrogens is 371 g/mol. The molecule has 0 aromatic heterocycles. The van der Waals surface area contributed by atoms with E-state index in [1.807, 2.05) is 0 Å². The standard InChI is InChI=1S/C16H16F3N3O5/c1-21-14(24)11-12(8-3-2-4-9(7-8)26-16(17,18)19)22(6-5-10(20)23)27-13(11)15(21)25/h2-4,7,11-13H,5-6H2,1H3,(H2,20,23). The molecule has 0 spiro atoms. The molecule has 0 saturated carbocycles. The fourth-order valence-corrected chi connectivity index (χ4v) is 3.29. The maximum absolute atomic E-state index is 12.5. The molecule has 8 nitrogen and oxygen atoms in total. The Morgan fingerprint density at radius 2 is 2.00 bits per heavy atom. The Morgan fingerprint density at radius 3 is 2.63 bits per heavy atom. The normalized spacial score (nSPS) is 25.8. The summed E-state index contributed by atoms with van der Waals surface area (Å²) in [4.78, 5) is 42.2. The first-order valence-corrected chi connectivity index (χ1v) is 7.97. The summed E-state index contributed by atoms with van der Waals surface area (Å²) in [7, 11) is 1.31. The van der Waals surface area contributed by atoms with Crippen LogP contribution >= 0.6 is 0 Å². The van der Waals surface area contributed by atoms with Gasteiger partial charge in [-0.05, 0) is 17.7 Å². The number of likely N-dealkylation sites (N-methyl/N-ethyl adjacent to an activating group) is 1. The number of carbonyl (C=O) groups excluding carboxylic acids is 3. The van der Waals surface area contributed by atoms with Crippen molar-refractivity contribution in [2.24, 2.45) is 11.7 Å². The molecule has 2 aliphatic heterocycles. The van der Waals surface area contributed by atoms with Gasteiger partial charge in [0.15, 0.2) is 6.10 Å². The second kappa shape index (κ2) is 6.82. The van der Waals surface area contributed by atoms with Crippen molar-refractivity contribution in [3.63, 3.8) is 0 Å². The molecule has 2 heterocycles. The van der Waals surface area contributed by atoms with Gasteiger partial charge in [0.05, 0.1) is 12.0 Å². The number of fused-ring (bicyclic) bond motifs is 1. The molecule has 2 aliphatic rings. The quantitative estimate of drug-likeness (QED) is 0.748. The predicted molar refractivity (Wildman–Crippen MR) is 82.5 cm³/mol. The summed E-state index contributed by atoms with van der Waals surface area (Å²) in [5.41, 5.74) is 5.41. The molecule has 27 heavy (non-hydrogen) atoms. The maximum Gasteiger partial charge on any atom is 0.573 e. The molecule has 0 radical (unpaired) electrons. The first-order valence-electron chi connectivity index (χ1n) is 7.97. The molecule has 2 fully saturated rings. The van der Waals surface area contributed by atoms with Crippen LogP contribution in [0.3, 0.4) is 0 Å². The Morgan fingerprint density at radius 1 is 1.30 bits per heavy atom. The number of halogens is 3. The molecule has 0 bridgehead atoms. The van der Waals surface area contributed by atoms with Gasteiger partial charge in [-0.1, -0.05) is 12.1 Å².